The SMILES string of the molecule is CCCC[C@H](NC(=O)C(C)Nc1cccc2ccccc12)C(=O)N[C@@H](CC(C)C)[C@@H](O)CC(CCO)C(=O)NCC(C)C. The van der Waals surface area contributed by atoms with E-state index in [9.17, 15) is 24.6 Å². The summed E-state index contributed by atoms with van der Waals surface area (Å²) in [4.78, 5) is 39.7. The number of anilines is 1. The van der Waals surface area contributed by atoms with Crippen molar-refractivity contribution >= 4 is 34.2 Å². The molecule has 0 saturated carbocycles. The molecule has 240 valence electrons. The van der Waals surface area contributed by atoms with Crippen molar-refractivity contribution in [3.63, 3.8) is 0 Å². The van der Waals surface area contributed by atoms with Crippen molar-refractivity contribution in [1.29, 1.82) is 0 Å². The number of nitrogens with one attached hydrogen (secondary N) is 4. The van der Waals surface area contributed by atoms with Crippen LogP contribution >= 0.6 is 0 Å². The second kappa shape index (κ2) is 18.5. The Labute approximate surface area is 257 Å². The lowest BCUT2D eigenvalue weighted by atomic mass is 9.89. The molecule has 5 atom stereocenters. The van der Waals surface area contributed by atoms with Gasteiger partial charge in [0.15, 0.2) is 0 Å². The van der Waals surface area contributed by atoms with Gasteiger partial charge >= 0.3 is 0 Å². The summed E-state index contributed by atoms with van der Waals surface area (Å²) in [5.41, 5.74) is 0.838. The molecule has 0 aliphatic rings. The molecule has 0 radical (unpaired) electrons. The van der Waals surface area contributed by atoms with Crippen LogP contribution in [0.25, 0.3) is 10.8 Å². The number of benzene rings is 2. The Bertz CT molecular complexity index is 1150. The van der Waals surface area contributed by atoms with Gasteiger partial charge in [0.1, 0.15) is 12.1 Å². The third-order valence-electron chi connectivity index (χ3n) is 7.61. The highest BCUT2D eigenvalue weighted by Crippen LogP contribution is 2.24. The molecule has 0 heterocycles. The fourth-order valence-electron chi connectivity index (χ4n) is 5.14. The van der Waals surface area contributed by atoms with Crippen LogP contribution in [0.15, 0.2) is 42.5 Å². The zero-order valence-corrected chi connectivity index (χ0v) is 26.9. The summed E-state index contributed by atoms with van der Waals surface area (Å²) >= 11 is 0. The average molecular weight is 599 g/mol. The monoisotopic (exact) mass is 598 g/mol. The molecule has 9 nitrogen and oxygen atoms in total. The molecule has 3 amide bonds. The highest BCUT2D eigenvalue weighted by atomic mass is 16.3. The van der Waals surface area contributed by atoms with E-state index in [1.165, 1.54) is 0 Å². The van der Waals surface area contributed by atoms with Crippen LogP contribution in [-0.4, -0.2) is 65.3 Å². The first kappa shape index (κ1) is 36.0. The first-order valence-electron chi connectivity index (χ1n) is 15.9. The second-order valence-corrected chi connectivity index (χ2v) is 12.5. The maximum atomic E-state index is 13.6. The average Bonchev–Trinajstić information content (AvgIpc) is 2.97. The maximum Gasteiger partial charge on any atom is 0.242 e. The van der Waals surface area contributed by atoms with Crippen molar-refractivity contribution < 1.29 is 24.6 Å². The van der Waals surface area contributed by atoms with Crippen LogP contribution in [0, 0.1) is 17.8 Å². The number of rotatable bonds is 19. The predicted octanol–water partition coefficient (Wildman–Crippen LogP) is 4.37. The van der Waals surface area contributed by atoms with Gasteiger partial charge in [0.25, 0.3) is 0 Å². The molecule has 2 unspecified atom stereocenters. The molecule has 2 rings (SSSR count). The number of fused-ring (bicyclic) bond motifs is 1. The molecular formula is C34H54N4O5. The molecule has 9 heteroatoms. The minimum Gasteiger partial charge on any atom is -0.396 e. The van der Waals surface area contributed by atoms with Gasteiger partial charge in [0, 0.05) is 30.1 Å². The number of carbonyl (C=O) groups is 3. The molecule has 0 fully saturated rings. The summed E-state index contributed by atoms with van der Waals surface area (Å²) < 4.78 is 0. The van der Waals surface area contributed by atoms with E-state index >= 15 is 0 Å². The number of carbonyl (C=O) groups excluding carboxylic acids is 3. The minimum atomic E-state index is -0.998. The van der Waals surface area contributed by atoms with E-state index in [0.717, 1.165) is 29.3 Å². The van der Waals surface area contributed by atoms with Gasteiger partial charge in [-0.2, -0.15) is 0 Å². The van der Waals surface area contributed by atoms with E-state index in [2.05, 4.69) is 21.3 Å². The van der Waals surface area contributed by atoms with E-state index in [-0.39, 0.29) is 49.0 Å². The summed E-state index contributed by atoms with van der Waals surface area (Å²) in [5, 5.41) is 35.0. The van der Waals surface area contributed by atoms with E-state index in [0.29, 0.717) is 19.4 Å². The lowest BCUT2D eigenvalue weighted by Gasteiger charge is -2.30. The fourth-order valence-corrected chi connectivity index (χ4v) is 5.14. The first-order valence-corrected chi connectivity index (χ1v) is 15.9. The smallest absolute Gasteiger partial charge is 0.242 e. The predicted molar refractivity (Wildman–Crippen MR) is 174 cm³/mol. The van der Waals surface area contributed by atoms with E-state index in [1.807, 2.05) is 77.1 Å². The molecule has 6 N–H and O–H groups in total. The van der Waals surface area contributed by atoms with Crippen LogP contribution in [0.3, 0.4) is 0 Å². The molecular weight excluding hydrogens is 544 g/mol. The van der Waals surface area contributed by atoms with Crippen molar-refractivity contribution in [3.8, 4) is 0 Å². The summed E-state index contributed by atoms with van der Waals surface area (Å²) in [6.45, 7) is 12.1. The Kier molecular flexibility index (Phi) is 15.5. The van der Waals surface area contributed by atoms with Crippen molar-refractivity contribution in [3.05, 3.63) is 42.5 Å². The van der Waals surface area contributed by atoms with Gasteiger partial charge in [0.05, 0.1) is 12.1 Å². The Hall–Kier alpha value is -3.17. The van der Waals surface area contributed by atoms with Gasteiger partial charge in [-0.25, -0.2) is 0 Å². The molecule has 2 aromatic rings. The van der Waals surface area contributed by atoms with Crippen LogP contribution in [0.4, 0.5) is 5.69 Å². The number of aliphatic hydroxyl groups excluding tert-OH is 2. The van der Waals surface area contributed by atoms with Crippen LogP contribution in [0.5, 0.6) is 0 Å². The fraction of sp³-hybridized carbons (Fsp3) is 0.618. The number of hydrogen-bond donors (Lipinski definition) is 6. The van der Waals surface area contributed by atoms with Gasteiger partial charge in [0.2, 0.25) is 17.7 Å². The van der Waals surface area contributed by atoms with Crippen molar-refractivity contribution in [1.82, 2.24) is 16.0 Å². The molecule has 0 aliphatic heterocycles. The summed E-state index contributed by atoms with van der Waals surface area (Å²) in [5.74, 6) is -1.00. The topological polar surface area (TPSA) is 140 Å². The standard InChI is InChI=1S/C34H54N4O5/c1-7-8-15-29(37-32(41)24(6)36-28-16-11-13-25-12-9-10-14-27(25)28)34(43)38-30(19-22(2)3)31(40)20-26(17-18-39)33(42)35-21-23(4)5/h9-14,16,22-24,26,29-31,36,39-40H,7-8,15,17-21H2,1-6H3,(H,35,42)(H,37,41)(H,38,43)/t24?,26?,29-,30-,31-/m0/s1. The third-order valence-corrected chi connectivity index (χ3v) is 7.61. The molecule has 0 aliphatic carbocycles. The third kappa shape index (κ3) is 12.2. The van der Waals surface area contributed by atoms with E-state index < -0.39 is 30.1 Å². The van der Waals surface area contributed by atoms with Crippen LogP contribution in [0.1, 0.15) is 80.1 Å². The molecule has 0 aromatic heterocycles. The summed E-state index contributed by atoms with van der Waals surface area (Å²) in [6.07, 6.45) is 1.90. The quantitative estimate of drug-likeness (QED) is 0.142. The summed E-state index contributed by atoms with van der Waals surface area (Å²) in [6, 6.07) is 11.8. The normalized spacial score (nSPS) is 15.0. The number of aliphatic hydroxyl groups is 2. The van der Waals surface area contributed by atoms with E-state index in [4.69, 9.17) is 0 Å². The molecule has 0 spiro atoms. The minimum absolute atomic E-state index is 0.111. The van der Waals surface area contributed by atoms with Gasteiger partial charge in [-0.3, -0.25) is 14.4 Å². The van der Waals surface area contributed by atoms with Gasteiger partial charge < -0.3 is 31.5 Å². The lowest BCUT2D eigenvalue weighted by molar-refractivity contribution is -0.130. The second-order valence-electron chi connectivity index (χ2n) is 12.5. The van der Waals surface area contributed by atoms with Crippen LogP contribution in [0.2, 0.25) is 0 Å². The number of hydrogen-bond acceptors (Lipinski definition) is 6. The Morgan fingerprint density at radius 2 is 1.51 bits per heavy atom. The lowest BCUT2D eigenvalue weighted by Crippen LogP contribution is -2.55. The zero-order valence-electron chi connectivity index (χ0n) is 26.9. The number of unbranched alkanes of at least 4 members (excludes halogenated alkanes) is 1. The van der Waals surface area contributed by atoms with Gasteiger partial charge in [-0.1, -0.05) is 83.9 Å². The van der Waals surface area contributed by atoms with Crippen molar-refractivity contribution in [2.24, 2.45) is 17.8 Å². The molecule has 0 bridgehead atoms. The highest BCUT2D eigenvalue weighted by Gasteiger charge is 2.31. The highest BCUT2D eigenvalue weighted by molar-refractivity contribution is 5.96. The zero-order chi connectivity index (χ0) is 31.9. The van der Waals surface area contributed by atoms with Crippen LogP contribution in [-0.2, 0) is 14.4 Å². The van der Waals surface area contributed by atoms with Crippen molar-refractivity contribution in [2.45, 2.75) is 104 Å². The molecule has 2 aromatic carbocycles. The Balaban J connectivity index is 2.13. The largest absolute Gasteiger partial charge is 0.396 e. The van der Waals surface area contributed by atoms with Gasteiger partial charge in [-0.05, 0) is 55.9 Å². The van der Waals surface area contributed by atoms with Crippen LogP contribution < -0.4 is 21.3 Å². The molecule has 43 heavy (non-hydrogen) atoms. The van der Waals surface area contributed by atoms with Crippen molar-refractivity contribution in [2.75, 3.05) is 18.5 Å². The maximum absolute atomic E-state index is 13.6. The molecule has 0 saturated heterocycles. The number of amides is 3. The Morgan fingerprint density at radius 3 is 2.16 bits per heavy atom. The Morgan fingerprint density at radius 1 is 0.814 bits per heavy atom. The van der Waals surface area contributed by atoms with Gasteiger partial charge in [-0.15, -0.1) is 0 Å². The first-order chi connectivity index (χ1) is 20.5. The van der Waals surface area contributed by atoms with E-state index in [1.54, 1.807) is 6.92 Å². The summed E-state index contributed by atoms with van der Waals surface area (Å²) in [7, 11) is 0.